The smallest absolute Gasteiger partial charge is 0.259 e. The zero-order chi connectivity index (χ0) is 22.3. The monoisotopic (exact) mass is 423 g/mol. The standard InChI is InChI=1S/C25H21N5O2/c1-2-23-22(16-28-30(23)24-11-3-4-12-27-24)25(31)29-20-9-6-10-21(14-20)32-17-19-8-5-7-18(13-19)15-26/h3-14,16H,2,17H2,1H3,(H,29,31). The van der Waals surface area contributed by atoms with Crippen molar-refractivity contribution in [1.82, 2.24) is 14.8 Å². The zero-order valence-electron chi connectivity index (χ0n) is 17.5. The molecular formula is C25H21N5O2. The second-order valence-electron chi connectivity index (χ2n) is 7.04. The van der Waals surface area contributed by atoms with Crippen molar-refractivity contribution in [2.24, 2.45) is 0 Å². The van der Waals surface area contributed by atoms with Crippen LogP contribution in [0.5, 0.6) is 5.75 Å². The van der Waals surface area contributed by atoms with E-state index in [1.165, 1.54) is 0 Å². The number of carbonyl (C=O) groups is 1. The molecule has 4 aromatic rings. The largest absolute Gasteiger partial charge is 0.489 e. The van der Waals surface area contributed by atoms with Gasteiger partial charge in [-0.1, -0.05) is 31.2 Å². The zero-order valence-corrected chi connectivity index (χ0v) is 17.5. The van der Waals surface area contributed by atoms with Gasteiger partial charge in [0.15, 0.2) is 5.82 Å². The molecule has 0 saturated carbocycles. The average molecular weight is 423 g/mol. The highest BCUT2D eigenvalue weighted by Crippen LogP contribution is 2.21. The molecule has 0 aliphatic carbocycles. The van der Waals surface area contributed by atoms with E-state index < -0.39 is 0 Å². The molecule has 0 fully saturated rings. The lowest BCUT2D eigenvalue weighted by atomic mass is 10.1. The van der Waals surface area contributed by atoms with Crippen molar-refractivity contribution in [3.05, 3.63) is 102 Å². The number of rotatable bonds is 7. The molecule has 0 aliphatic rings. The van der Waals surface area contributed by atoms with Crippen molar-refractivity contribution in [1.29, 1.82) is 5.26 Å². The number of nitriles is 1. The van der Waals surface area contributed by atoms with Crippen LogP contribution in [-0.2, 0) is 13.0 Å². The minimum absolute atomic E-state index is 0.247. The molecule has 4 rings (SSSR count). The summed E-state index contributed by atoms with van der Waals surface area (Å²) in [6.45, 7) is 2.30. The number of benzene rings is 2. The topological polar surface area (TPSA) is 92.8 Å². The Morgan fingerprint density at radius 2 is 2.00 bits per heavy atom. The third kappa shape index (κ3) is 4.65. The lowest BCUT2D eigenvalue weighted by Crippen LogP contribution is -2.14. The summed E-state index contributed by atoms with van der Waals surface area (Å²) in [5.74, 6) is 1.03. The number of nitrogens with one attached hydrogen (secondary N) is 1. The Morgan fingerprint density at radius 1 is 1.12 bits per heavy atom. The summed E-state index contributed by atoms with van der Waals surface area (Å²) < 4.78 is 7.53. The Morgan fingerprint density at radius 3 is 2.78 bits per heavy atom. The molecule has 0 atom stereocenters. The highest BCUT2D eigenvalue weighted by atomic mass is 16.5. The fourth-order valence-electron chi connectivity index (χ4n) is 3.34. The lowest BCUT2D eigenvalue weighted by molar-refractivity contribution is 0.102. The van der Waals surface area contributed by atoms with Crippen molar-refractivity contribution >= 4 is 11.6 Å². The molecule has 1 amide bonds. The van der Waals surface area contributed by atoms with E-state index in [0.29, 0.717) is 41.4 Å². The van der Waals surface area contributed by atoms with Gasteiger partial charge in [0, 0.05) is 18.0 Å². The van der Waals surface area contributed by atoms with Crippen LogP contribution in [-0.4, -0.2) is 20.7 Å². The van der Waals surface area contributed by atoms with Crippen LogP contribution in [0.3, 0.4) is 0 Å². The van der Waals surface area contributed by atoms with E-state index in [9.17, 15) is 4.79 Å². The maximum Gasteiger partial charge on any atom is 0.259 e. The van der Waals surface area contributed by atoms with Crippen molar-refractivity contribution < 1.29 is 9.53 Å². The Hall–Kier alpha value is -4.44. The molecule has 7 heteroatoms. The Balaban J connectivity index is 1.47. The van der Waals surface area contributed by atoms with Crippen LogP contribution in [0.25, 0.3) is 5.82 Å². The number of anilines is 1. The molecular weight excluding hydrogens is 402 g/mol. The summed E-state index contributed by atoms with van der Waals surface area (Å²) in [4.78, 5) is 17.3. The number of hydrogen-bond acceptors (Lipinski definition) is 5. The van der Waals surface area contributed by atoms with Crippen molar-refractivity contribution in [2.75, 3.05) is 5.32 Å². The molecule has 0 spiro atoms. The fraction of sp³-hybridized carbons (Fsp3) is 0.120. The van der Waals surface area contributed by atoms with Crippen LogP contribution in [0, 0.1) is 11.3 Å². The van der Waals surface area contributed by atoms with Crippen LogP contribution in [0.4, 0.5) is 5.69 Å². The number of aromatic nitrogens is 3. The predicted octanol–water partition coefficient (Wildman–Crippen LogP) is 4.53. The van der Waals surface area contributed by atoms with Crippen LogP contribution < -0.4 is 10.1 Å². The van der Waals surface area contributed by atoms with Gasteiger partial charge in [0.2, 0.25) is 0 Å². The maximum atomic E-state index is 12.9. The molecule has 1 N–H and O–H groups in total. The van der Waals surface area contributed by atoms with E-state index in [-0.39, 0.29) is 5.91 Å². The molecule has 2 heterocycles. The third-order valence-corrected chi connectivity index (χ3v) is 4.87. The van der Waals surface area contributed by atoms with Crippen LogP contribution in [0.1, 0.15) is 34.1 Å². The first kappa shape index (κ1) is 20.8. The van der Waals surface area contributed by atoms with Gasteiger partial charge in [-0.05, 0) is 48.4 Å². The molecule has 158 valence electrons. The fourth-order valence-corrected chi connectivity index (χ4v) is 3.34. The number of ether oxygens (including phenoxy) is 1. The van der Waals surface area contributed by atoms with Crippen LogP contribution in [0.15, 0.2) is 79.1 Å². The Labute approximate surface area is 185 Å². The first-order valence-corrected chi connectivity index (χ1v) is 10.2. The second kappa shape index (κ2) is 9.58. The molecule has 0 saturated heterocycles. The van der Waals surface area contributed by atoms with E-state index in [4.69, 9.17) is 10.00 Å². The Bertz CT molecular complexity index is 1270. The molecule has 0 unspecified atom stereocenters. The summed E-state index contributed by atoms with van der Waals surface area (Å²) in [6.07, 6.45) is 3.88. The highest BCUT2D eigenvalue weighted by Gasteiger charge is 2.18. The van der Waals surface area contributed by atoms with Gasteiger partial charge < -0.3 is 10.1 Å². The molecule has 7 nitrogen and oxygen atoms in total. The molecule has 32 heavy (non-hydrogen) atoms. The van der Waals surface area contributed by atoms with Crippen molar-refractivity contribution in [3.8, 4) is 17.6 Å². The maximum absolute atomic E-state index is 12.9. The Kier molecular flexibility index (Phi) is 6.23. The van der Waals surface area contributed by atoms with Gasteiger partial charge in [-0.25, -0.2) is 9.67 Å². The summed E-state index contributed by atoms with van der Waals surface area (Å²) in [7, 11) is 0. The van der Waals surface area contributed by atoms with Crippen LogP contribution in [0.2, 0.25) is 0 Å². The molecule has 0 aliphatic heterocycles. The highest BCUT2D eigenvalue weighted by molar-refractivity contribution is 6.05. The molecule has 0 bridgehead atoms. The number of hydrogen-bond donors (Lipinski definition) is 1. The number of carbonyl (C=O) groups excluding carboxylic acids is 1. The minimum Gasteiger partial charge on any atom is -0.489 e. The van der Waals surface area contributed by atoms with E-state index in [1.54, 1.807) is 41.3 Å². The molecule has 0 radical (unpaired) electrons. The number of amides is 1. The second-order valence-corrected chi connectivity index (χ2v) is 7.04. The van der Waals surface area contributed by atoms with Gasteiger partial charge in [0.1, 0.15) is 12.4 Å². The summed E-state index contributed by atoms with van der Waals surface area (Å²) in [6, 6.07) is 22.1. The quantitative estimate of drug-likeness (QED) is 0.471. The summed E-state index contributed by atoms with van der Waals surface area (Å²) in [5, 5.41) is 16.3. The van der Waals surface area contributed by atoms with E-state index >= 15 is 0 Å². The number of nitrogens with zero attached hydrogens (tertiary/aromatic N) is 4. The SMILES string of the molecule is CCc1c(C(=O)Nc2cccc(OCc3cccc(C#N)c3)c2)cnn1-c1ccccn1. The van der Waals surface area contributed by atoms with Crippen molar-refractivity contribution in [3.63, 3.8) is 0 Å². The minimum atomic E-state index is -0.247. The van der Waals surface area contributed by atoms with Gasteiger partial charge >= 0.3 is 0 Å². The van der Waals surface area contributed by atoms with E-state index in [0.717, 1.165) is 11.3 Å². The first-order valence-electron chi connectivity index (χ1n) is 10.2. The lowest BCUT2D eigenvalue weighted by Gasteiger charge is -2.10. The first-order chi connectivity index (χ1) is 15.7. The van der Waals surface area contributed by atoms with Gasteiger partial charge in [0.05, 0.1) is 29.1 Å². The predicted molar refractivity (Wildman–Crippen MR) is 121 cm³/mol. The van der Waals surface area contributed by atoms with Gasteiger partial charge in [0.25, 0.3) is 5.91 Å². The molecule has 2 aromatic heterocycles. The molecule has 2 aromatic carbocycles. The normalized spacial score (nSPS) is 10.4. The average Bonchev–Trinajstić information content (AvgIpc) is 3.28. The van der Waals surface area contributed by atoms with Gasteiger partial charge in [-0.15, -0.1) is 0 Å². The van der Waals surface area contributed by atoms with Crippen LogP contribution >= 0.6 is 0 Å². The number of pyridine rings is 1. The third-order valence-electron chi connectivity index (χ3n) is 4.87. The van der Waals surface area contributed by atoms with Gasteiger partial charge in [-0.2, -0.15) is 10.4 Å². The van der Waals surface area contributed by atoms with E-state index in [2.05, 4.69) is 21.5 Å². The summed E-state index contributed by atoms with van der Waals surface area (Å²) >= 11 is 0. The van der Waals surface area contributed by atoms with Gasteiger partial charge in [-0.3, -0.25) is 4.79 Å². The van der Waals surface area contributed by atoms with E-state index in [1.807, 2.05) is 49.4 Å². The van der Waals surface area contributed by atoms with Crippen molar-refractivity contribution in [2.45, 2.75) is 20.0 Å². The summed E-state index contributed by atoms with van der Waals surface area (Å²) in [5.41, 5.74) is 3.38.